The van der Waals surface area contributed by atoms with Crippen LogP contribution in [0.1, 0.15) is 52.4 Å². The molecule has 17 heavy (non-hydrogen) atoms. The van der Waals surface area contributed by atoms with Crippen molar-refractivity contribution in [2.75, 3.05) is 0 Å². The summed E-state index contributed by atoms with van der Waals surface area (Å²) in [6.07, 6.45) is 8.31. The minimum atomic E-state index is -1.68. The van der Waals surface area contributed by atoms with Gasteiger partial charge in [-0.2, -0.15) is 0 Å². The zero-order valence-corrected chi connectivity index (χ0v) is 13.9. The quantitative estimate of drug-likeness (QED) is 0.562. The van der Waals surface area contributed by atoms with Crippen LogP contribution in [-0.2, 0) is 16.6 Å². The van der Waals surface area contributed by atoms with Gasteiger partial charge in [0.1, 0.15) is 0 Å². The van der Waals surface area contributed by atoms with Gasteiger partial charge < -0.3 is 0 Å². The van der Waals surface area contributed by atoms with E-state index in [2.05, 4.69) is 29.5 Å². The van der Waals surface area contributed by atoms with Gasteiger partial charge in [0, 0.05) is 0 Å². The molecule has 0 saturated heterocycles. The molecular formula is C16H28Ti. The third-order valence-corrected chi connectivity index (χ3v) is 7.83. The number of hydrogen-bond acceptors (Lipinski definition) is 0. The van der Waals surface area contributed by atoms with Gasteiger partial charge in [0.05, 0.1) is 0 Å². The minimum absolute atomic E-state index is 0.843. The number of rotatable bonds is 3. The fourth-order valence-electron chi connectivity index (χ4n) is 4.03. The Morgan fingerprint density at radius 2 is 1.71 bits per heavy atom. The summed E-state index contributed by atoms with van der Waals surface area (Å²) in [5.41, 5.74) is 5.57. The van der Waals surface area contributed by atoms with E-state index in [1.807, 2.05) is 20.6 Å². The van der Waals surface area contributed by atoms with Gasteiger partial charge in [-0.3, -0.25) is 0 Å². The molecule has 0 bridgehead atoms. The van der Waals surface area contributed by atoms with Crippen LogP contribution in [0, 0.1) is 5.92 Å². The van der Waals surface area contributed by atoms with Crippen LogP contribution >= 0.6 is 0 Å². The molecule has 96 valence electrons. The molecule has 0 heterocycles. The van der Waals surface area contributed by atoms with Crippen LogP contribution in [0.25, 0.3) is 0 Å². The van der Waals surface area contributed by atoms with E-state index in [9.17, 15) is 0 Å². The van der Waals surface area contributed by atoms with Crippen LogP contribution in [0.4, 0.5) is 0 Å². The van der Waals surface area contributed by atoms with Gasteiger partial charge in [-0.25, -0.2) is 0 Å². The fraction of sp³-hybridized carbons (Fsp3) is 0.750. The van der Waals surface area contributed by atoms with Gasteiger partial charge in [0.25, 0.3) is 0 Å². The van der Waals surface area contributed by atoms with Crippen molar-refractivity contribution in [2.24, 2.45) is 5.92 Å². The summed E-state index contributed by atoms with van der Waals surface area (Å²) >= 11 is -1.68. The van der Waals surface area contributed by atoms with Gasteiger partial charge in [-0.1, -0.05) is 0 Å². The second-order valence-corrected chi connectivity index (χ2v) is 14.5. The Bertz CT molecular complexity index is 365. The topological polar surface area (TPSA) is 0 Å². The maximum absolute atomic E-state index is 2.59. The molecule has 0 fully saturated rings. The summed E-state index contributed by atoms with van der Waals surface area (Å²) in [5, 5.41) is 7.76. The van der Waals surface area contributed by atoms with Gasteiger partial charge in [0.2, 0.25) is 0 Å². The van der Waals surface area contributed by atoms with Crippen LogP contribution < -0.4 is 0 Å². The first-order chi connectivity index (χ1) is 8.00. The molecule has 2 aliphatic rings. The molecule has 0 aliphatic heterocycles. The van der Waals surface area contributed by atoms with Gasteiger partial charge in [-0.05, 0) is 0 Å². The molecule has 0 aromatic rings. The van der Waals surface area contributed by atoms with Crippen LogP contribution in [0.5, 0.6) is 0 Å². The number of hydrogen-bond donors (Lipinski definition) is 0. The Morgan fingerprint density at radius 1 is 1.06 bits per heavy atom. The fourth-order valence-corrected chi connectivity index (χ4v) is 7.94. The summed E-state index contributed by atoms with van der Waals surface area (Å²) in [6.45, 7) is 4.77. The second-order valence-electron chi connectivity index (χ2n) is 6.68. The van der Waals surface area contributed by atoms with Crippen molar-refractivity contribution in [3.63, 3.8) is 0 Å². The van der Waals surface area contributed by atoms with Crippen molar-refractivity contribution >= 4 is 0 Å². The molecule has 0 spiro atoms. The van der Waals surface area contributed by atoms with Gasteiger partial charge in [0.15, 0.2) is 0 Å². The molecule has 1 heteroatoms. The predicted octanol–water partition coefficient (Wildman–Crippen LogP) is 5.86. The van der Waals surface area contributed by atoms with E-state index in [1.54, 1.807) is 0 Å². The molecule has 0 radical (unpaired) electrons. The van der Waals surface area contributed by atoms with Gasteiger partial charge in [-0.15, -0.1) is 0 Å². The Labute approximate surface area is 111 Å². The average molecular weight is 268 g/mol. The monoisotopic (exact) mass is 268 g/mol. The Kier molecular flexibility index (Phi) is 4.05. The summed E-state index contributed by atoms with van der Waals surface area (Å²) in [6, 6.07) is 0. The second kappa shape index (κ2) is 5.06. The zero-order chi connectivity index (χ0) is 12.6. The Balaban J connectivity index is 2.51. The first-order valence-electron chi connectivity index (χ1n) is 7.46. The van der Waals surface area contributed by atoms with E-state index >= 15 is 0 Å². The predicted molar refractivity (Wildman–Crippen MR) is 74.2 cm³/mol. The molecule has 2 rings (SSSR count). The average Bonchev–Trinajstić information content (AvgIpc) is 2.61. The Hall–Kier alpha value is 0.194. The van der Waals surface area contributed by atoms with Crippen molar-refractivity contribution in [2.45, 2.75) is 68.1 Å². The molecule has 0 aromatic heterocycles. The number of allylic oxidation sites excluding steroid dienone is 4. The molecule has 0 nitrogen and oxygen atoms in total. The molecule has 0 saturated carbocycles. The standard InChI is InChI=1S/C13H19.3CH3.Ti/c1-3-10-9-11-7-5-6-8-13(11)12(10)4-2;;;;/h12H,3-8H2,1-2H3;3*1H3;. The van der Waals surface area contributed by atoms with E-state index in [4.69, 9.17) is 0 Å². The van der Waals surface area contributed by atoms with E-state index in [-0.39, 0.29) is 0 Å². The van der Waals surface area contributed by atoms with Crippen LogP contribution in [0.2, 0.25) is 15.7 Å². The normalized spacial score (nSPS) is 25.6. The summed E-state index contributed by atoms with van der Waals surface area (Å²) < 4.78 is 1.93. The first-order valence-corrected chi connectivity index (χ1v) is 12.9. The SMILES string of the molecule is CCC1=[C]([Ti]([CH3])([CH3])[CH3])C2=C(CCCC2)C1CC. The third kappa shape index (κ3) is 2.36. The molecule has 0 aromatic carbocycles. The zero-order valence-electron chi connectivity index (χ0n) is 12.3. The third-order valence-electron chi connectivity index (χ3n) is 4.51. The van der Waals surface area contributed by atoms with Crippen molar-refractivity contribution in [1.29, 1.82) is 0 Å². The van der Waals surface area contributed by atoms with E-state index in [0.717, 1.165) is 5.92 Å². The molecule has 2 aliphatic carbocycles. The first kappa shape index (κ1) is 13.6. The molecule has 0 N–H and O–H groups in total. The van der Waals surface area contributed by atoms with Crippen molar-refractivity contribution in [3.05, 3.63) is 20.6 Å². The van der Waals surface area contributed by atoms with Gasteiger partial charge >= 0.3 is 111 Å². The Morgan fingerprint density at radius 3 is 2.24 bits per heavy atom. The molecular weight excluding hydrogens is 240 g/mol. The van der Waals surface area contributed by atoms with E-state index < -0.39 is 16.6 Å². The van der Waals surface area contributed by atoms with Crippen LogP contribution in [0.3, 0.4) is 0 Å². The molecule has 1 atom stereocenters. The molecule has 1 unspecified atom stereocenters. The maximum atomic E-state index is 2.59. The summed E-state index contributed by atoms with van der Waals surface area (Å²) in [4.78, 5) is 0. The van der Waals surface area contributed by atoms with Crippen molar-refractivity contribution in [3.8, 4) is 0 Å². The van der Waals surface area contributed by atoms with E-state index in [1.165, 1.54) is 38.5 Å². The summed E-state index contributed by atoms with van der Waals surface area (Å²) in [7, 11) is 0. The summed E-state index contributed by atoms with van der Waals surface area (Å²) in [5.74, 6) is 0.843. The van der Waals surface area contributed by atoms with Crippen LogP contribution in [-0.4, -0.2) is 0 Å². The van der Waals surface area contributed by atoms with E-state index in [0.29, 0.717) is 0 Å². The van der Waals surface area contributed by atoms with Crippen molar-refractivity contribution < 1.29 is 16.6 Å². The van der Waals surface area contributed by atoms with Crippen LogP contribution in [0.15, 0.2) is 20.6 Å². The molecule has 0 amide bonds. The van der Waals surface area contributed by atoms with Crippen molar-refractivity contribution in [1.82, 2.24) is 0 Å².